The monoisotopic (exact) mass is 187 g/mol. The maximum absolute atomic E-state index is 5.13. The van der Waals surface area contributed by atoms with Gasteiger partial charge in [-0.2, -0.15) is 0 Å². The molecular formula is C12H13NO. The number of methoxy groups -OCH3 is 1. The van der Waals surface area contributed by atoms with Crippen LogP contribution >= 0.6 is 0 Å². The van der Waals surface area contributed by atoms with Gasteiger partial charge in [0.25, 0.3) is 0 Å². The van der Waals surface area contributed by atoms with E-state index in [0.717, 1.165) is 17.9 Å². The summed E-state index contributed by atoms with van der Waals surface area (Å²) in [5.41, 5.74) is 1.12. The summed E-state index contributed by atoms with van der Waals surface area (Å²) in [5, 5.41) is 0. The lowest BCUT2D eigenvalue weighted by molar-refractivity contribution is 0.303. The van der Waals surface area contributed by atoms with Gasteiger partial charge in [0, 0.05) is 17.8 Å². The van der Waals surface area contributed by atoms with E-state index in [1.54, 1.807) is 7.11 Å². The van der Waals surface area contributed by atoms with Crippen molar-refractivity contribution in [2.24, 2.45) is 0 Å². The van der Waals surface area contributed by atoms with Gasteiger partial charge in [-0.05, 0) is 30.7 Å². The molecule has 0 aliphatic heterocycles. The minimum Gasteiger partial charge on any atom is -0.497 e. The van der Waals surface area contributed by atoms with Crippen LogP contribution < -0.4 is 0 Å². The summed E-state index contributed by atoms with van der Waals surface area (Å²) in [5.74, 6) is 1.34. The Hall–Kier alpha value is -1.57. The summed E-state index contributed by atoms with van der Waals surface area (Å²) >= 11 is 0. The van der Waals surface area contributed by atoms with E-state index in [2.05, 4.69) is 23.2 Å². The summed E-state index contributed by atoms with van der Waals surface area (Å²) in [6, 6.07) is 6.01. The lowest BCUT2D eigenvalue weighted by atomic mass is 9.96. The molecule has 0 radical (unpaired) electrons. The van der Waals surface area contributed by atoms with Gasteiger partial charge in [-0.25, -0.2) is 0 Å². The molecule has 0 saturated carbocycles. The molecule has 1 aliphatic carbocycles. The lowest BCUT2D eigenvalue weighted by Gasteiger charge is -2.14. The van der Waals surface area contributed by atoms with Crippen LogP contribution in [-0.4, -0.2) is 12.1 Å². The van der Waals surface area contributed by atoms with Crippen LogP contribution in [0.2, 0.25) is 0 Å². The Morgan fingerprint density at radius 3 is 2.93 bits per heavy atom. The van der Waals surface area contributed by atoms with Crippen LogP contribution in [-0.2, 0) is 4.74 Å². The Morgan fingerprint density at radius 1 is 1.43 bits per heavy atom. The molecule has 2 nitrogen and oxygen atoms in total. The normalized spacial score (nSPS) is 20.4. The zero-order valence-corrected chi connectivity index (χ0v) is 8.18. The van der Waals surface area contributed by atoms with Gasteiger partial charge in [0.2, 0.25) is 0 Å². The van der Waals surface area contributed by atoms with E-state index < -0.39 is 0 Å². The maximum Gasteiger partial charge on any atom is 0.114 e. The third-order valence-corrected chi connectivity index (χ3v) is 2.37. The molecule has 14 heavy (non-hydrogen) atoms. The van der Waals surface area contributed by atoms with E-state index >= 15 is 0 Å². The molecule has 0 bridgehead atoms. The highest BCUT2D eigenvalue weighted by Crippen LogP contribution is 2.24. The Kier molecular flexibility index (Phi) is 2.63. The van der Waals surface area contributed by atoms with Crippen molar-refractivity contribution in [3.05, 3.63) is 54.1 Å². The maximum atomic E-state index is 5.13. The van der Waals surface area contributed by atoms with Gasteiger partial charge in [0.1, 0.15) is 5.76 Å². The molecular weight excluding hydrogens is 174 g/mol. The van der Waals surface area contributed by atoms with Crippen LogP contribution in [0.4, 0.5) is 0 Å². The van der Waals surface area contributed by atoms with Crippen LogP contribution in [0.3, 0.4) is 0 Å². The van der Waals surface area contributed by atoms with Crippen molar-refractivity contribution in [3.63, 3.8) is 0 Å². The predicted octanol–water partition coefficient (Wildman–Crippen LogP) is 2.66. The second-order valence-electron chi connectivity index (χ2n) is 3.27. The number of hydrogen-bond acceptors (Lipinski definition) is 2. The first-order chi connectivity index (χ1) is 6.90. The Morgan fingerprint density at radius 2 is 2.36 bits per heavy atom. The van der Waals surface area contributed by atoms with Crippen molar-refractivity contribution >= 4 is 0 Å². The zero-order valence-electron chi connectivity index (χ0n) is 8.18. The van der Waals surface area contributed by atoms with Crippen molar-refractivity contribution in [2.45, 2.75) is 12.3 Å². The molecule has 1 unspecified atom stereocenters. The van der Waals surface area contributed by atoms with Gasteiger partial charge < -0.3 is 4.74 Å². The number of rotatable bonds is 2. The summed E-state index contributed by atoms with van der Waals surface area (Å²) in [4.78, 5) is 4.33. The fourth-order valence-electron chi connectivity index (χ4n) is 1.57. The molecule has 0 spiro atoms. The third-order valence-electron chi connectivity index (χ3n) is 2.37. The average Bonchev–Trinajstić information content (AvgIpc) is 2.30. The SMILES string of the molecule is COC1=CCC(c2ccccn2)C=C1. The highest BCUT2D eigenvalue weighted by atomic mass is 16.5. The average molecular weight is 187 g/mol. The van der Waals surface area contributed by atoms with E-state index in [9.17, 15) is 0 Å². The van der Waals surface area contributed by atoms with Crippen LogP contribution in [0.5, 0.6) is 0 Å². The van der Waals surface area contributed by atoms with Crippen molar-refractivity contribution in [1.29, 1.82) is 0 Å². The van der Waals surface area contributed by atoms with Crippen molar-refractivity contribution < 1.29 is 4.74 Å². The molecule has 1 atom stereocenters. The molecule has 72 valence electrons. The van der Waals surface area contributed by atoms with Crippen LogP contribution in [0.15, 0.2) is 48.4 Å². The van der Waals surface area contributed by atoms with E-state index in [0.29, 0.717) is 5.92 Å². The molecule has 0 fully saturated rings. The van der Waals surface area contributed by atoms with E-state index in [1.165, 1.54) is 0 Å². The van der Waals surface area contributed by atoms with Crippen molar-refractivity contribution in [2.75, 3.05) is 7.11 Å². The van der Waals surface area contributed by atoms with Crippen LogP contribution in [0, 0.1) is 0 Å². The minimum absolute atomic E-state index is 0.398. The van der Waals surface area contributed by atoms with Gasteiger partial charge in [-0.15, -0.1) is 0 Å². The molecule has 2 heteroatoms. The number of ether oxygens (including phenoxy) is 1. The summed E-state index contributed by atoms with van der Waals surface area (Å²) in [6.45, 7) is 0. The predicted molar refractivity (Wildman–Crippen MR) is 55.8 cm³/mol. The first-order valence-electron chi connectivity index (χ1n) is 4.73. The first-order valence-corrected chi connectivity index (χ1v) is 4.73. The second-order valence-corrected chi connectivity index (χ2v) is 3.27. The van der Waals surface area contributed by atoms with Gasteiger partial charge in [0.15, 0.2) is 0 Å². The number of pyridine rings is 1. The Balaban J connectivity index is 2.11. The topological polar surface area (TPSA) is 22.1 Å². The fourth-order valence-corrected chi connectivity index (χ4v) is 1.57. The number of hydrogen-bond donors (Lipinski definition) is 0. The Labute approximate surface area is 83.9 Å². The number of nitrogens with zero attached hydrogens (tertiary/aromatic N) is 1. The molecule has 2 rings (SSSR count). The molecule has 1 aromatic rings. The molecule has 1 heterocycles. The summed E-state index contributed by atoms with van der Waals surface area (Å²) < 4.78 is 5.13. The molecule has 0 amide bonds. The molecule has 1 aliphatic rings. The minimum atomic E-state index is 0.398. The molecule has 0 N–H and O–H groups in total. The van der Waals surface area contributed by atoms with Crippen molar-refractivity contribution in [1.82, 2.24) is 4.98 Å². The first kappa shape index (κ1) is 9.00. The van der Waals surface area contributed by atoms with E-state index in [4.69, 9.17) is 4.74 Å². The molecule has 1 aromatic heterocycles. The summed E-state index contributed by atoms with van der Waals surface area (Å²) in [6.07, 6.45) is 9.04. The number of aromatic nitrogens is 1. The molecule has 0 saturated heterocycles. The number of allylic oxidation sites excluding steroid dienone is 3. The standard InChI is InChI=1S/C12H13NO/c1-14-11-7-5-10(6-8-11)12-4-2-3-9-13-12/h2-5,7-10H,6H2,1H3. The van der Waals surface area contributed by atoms with Crippen molar-refractivity contribution in [3.8, 4) is 0 Å². The van der Waals surface area contributed by atoms with E-state index in [-0.39, 0.29) is 0 Å². The van der Waals surface area contributed by atoms with Gasteiger partial charge >= 0.3 is 0 Å². The van der Waals surface area contributed by atoms with Gasteiger partial charge in [-0.1, -0.05) is 12.1 Å². The van der Waals surface area contributed by atoms with Crippen LogP contribution in [0.1, 0.15) is 18.0 Å². The third kappa shape index (κ3) is 1.84. The zero-order chi connectivity index (χ0) is 9.80. The Bertz CT molecular complexity index is 354. The molecule has 0 aromatic carbocycles. The quantitative estimate of drug-likeness (QED) is 0.710. The highest BCUT2D eigenvalue weighted by Gasteiger charge is 2.11. The lowest BCUT2D eigenvalue weighted by Crippen LogP contribution is -2.01. The smallest absolute Gasteiger partial charge is 0.114 e. The van der Waals surface area contributed by atoms with Gasteiger partial charge in [-0.3, -0.25) is 4.98 Å². The largest absolute Gasteiger partial charge is 0.497 e. The fraction of sp³-hybridized carbons (Fsp3) is 0.250. The van der Waals surface area contributed by atoms with Crippen LogP contribution in [0.25, 0.3) is 0 Å². The second kappa shape index (κ2) is 4.09. The highest BCUT2D eigenvalue weighted by molar-refractivity contribution is 5.26. The van der Waals surface area contributed by atoms with E-state index in [1.807, 2.05) is 24.4 Å². The van der Waals surface area contributed by atoms with Gasteiger partial charge in [0.05, 0.1) is 7.11 Å². The summed E-state index contributed by atoms with van der Waals surface area (Å²) in [7, 11) is 1.69.